The van der Waals surface area contributed by atoms with Crippen LogP contribution in [0.25, 0.3) is 0 Å². The molecule has 0 bridgehead atoms. The molecule has 4 nitrogen and oxygen atoms in total. The number of carbonyl (C=O) groups excluding carboxylic acids is 2. The van der Waals surface area contributed by atoms with Gasteiger partial charge in [0.1, 0.15) is 17.8 Å². The maximum atomic E-state index is 11.9. The van der Waals surface area contributed by atoms with Crippen LogP contribution < -0.4 is 9.47 Å². The summed E-state index contributed by atoms with van der Waals surface area (Å²) in [7, 11) is 1.55. The number of ether oxygens (including phenoxy) is 2. The van der Waals surface area contributed by atoms with Gasteiger partial charge in [-0.25, -0.2) is 4.79 Å². The first-order chi connectivity index (χ1) is 9.22. The molecule has 0 unspecified atom stereocenters. The van der Waals surface area contributed by atoms with E-state index >= 15 is 0 Å². The molecule has 0 spiro atoms. The molecular formula is C15H12O4. The third-order valence-electron chi connectivity index (χ3n) is 2.53. The first kappa shape index (κ1) is 12.8. The number of hydrogen-bond acceptors (Lipinski definition) is 4. The molecule has 0 fully saturated rings. The van der Waals surface area contributed by atoms with Crippen LogP contribution >= 0.6 is 0 Å². The first-order valence-electron chi connectivity index (χ1n) is 5.64. The SMILES string of the molecule is COc1ccc(C(=O)Oc2cccc(C=O)c2)cc1. The molecule has 0 N–H and O–H groups in total. The van der Waals surface area contributed by atoms with Crippen LogP contribution in [0.4, 0.5) is 0 Å². The van der Waals surface area contributed by atoms with E-state index in [9.17, 15) is 9.59 Å². The van der Waals surface area contributed by atoms with Gasteiger partial charge < -0.3 is 9.47 Å². The van der Waals surface area contributed by atoms with Crippen LogP contribution in [0.3, 0.4) is 0 Å². The number of methoxy groups -OCH3 is 1. The molecule has 2 rings (SSSR count). The minimum Gasteiger partial charge on any atom is -0.497 e. The summed E-state index contributed by atoms with van der Waals surface area (Å²) < 4.78 is 10.2. The van der Waals surface area contributed by atoms with Gasteiger partial charge in [-0.1, -0.05) is 12.1 Å². The van der Waals surface area contributed by atoms with Crippen molar-refractivity contribution in [3.05, 3.63) is 59.7 Å². The van der Waals surface area contributed by atoms with Gasteiger partial charge in [0, 0.05) is 5.56 Å². The third kappa shape index (κ3) is 3.19. The Hall–Kier alpha value is -2.62. The van der Waals surface area contributed by atoms with E-state index < -0.39 is 5.97 Å². The van der Waals surface area contributed by atoms with Crippen LogP contribution in [0.15, 0.2) is 48.5 Å². The highest BCUT2D eigenvalue weighted by Gasteiger charge is 2.08. The largest absolute Gasteiger partial charge is 0.497 e. The first-order valence-corrected chi connectivity index (χ1v) is 5.64. The number of benzene rings is 2. The summed E-state index contributed by atoms with van der Waals surface area (Å²) in [5, 5.41) is 0. The average Bonchev–Trinajstić information content (AvgIpc) is 2.47. The van der Waals surface area contributed by atoms with Crippen molar-refractivity contribution in [3.8, 4) is 11.5 Å². The lowest BCUT2D eigenvalue weighted by Crippen LogP contribution is -2.08. The Balaban J connectivity index is 2.13. The van der Waals surface area contributed by atoms with Crippen molar-refractivity contribution >= 4 is 12.3 Å². The smallest absolute Gasteiger partial charge is 0.343 e. The van der Waals surface area contributed by atoms with Crippen molar-refractivity contribution in [2.75, 3.05) is 7.11 Å². The zero-order valence-electron chi connectivity index (χ0n) is 10.3. The molecule has 0 aliphatic carbocycles. The molecule has 2 aromatic rings. The maximum Gasteiger partial charge on any atom is 0.343 e. The highest BCUT2D eigenvalue weighted by Crippen LogP contribution is 2.16. The molecule has 0 saturated heterocycles. The third-order valence-corrected chi connectivity index (χ3v) is 2.53. The monoisotopic (exact) mass is 256 g/mol. The fourth-order valence-electron chi connectivity index (χ4n) is 1.54. The standard InChI is InChI=1S/C15H12O4/c1-18-13-7-5-12(6-8-13)15(17)19-14-4-2-3-11(9-14)10-16/h2-10H,1H3. The van der Waals surface area contributed by atoms with Crippen LogP contribution in [0.1, 0.15) is 20.7 Å². The Bertz CT molecular complexity index is 587. The molecule has 4 heteroatoms. The van der Waals surface area contributed by atoms with Crippen LogP contribution in [0.2, 0.25) is 0 Å². The normalized spacial score (nSPS) is 9.74. The van der Waals surface area contributed by atoms with E-state index in [0.717, 1.165) is 0 Å². The Morgan fingerprint density at radius 1 is 1.05 bits per heavy atom. The highest BCUT2D eigenvalue weighted by atomic mass is 16.5. The second-order valence-corrected chi connectivity index (χ2v) is 3.81. The molecule has 0 aliphatic heterocycles. The van der Waals surface area contributed by atoms with Gasteiger partial charge in [0.05, 0.1) is 12.7 Å². The Kier molecular flexibility index (Phi) is 3.93. The summed E-state index contributed by atoms with van der Waals surface area (Å²) in [5.41, 5.74) is 0.873. The number of esters is 1. The van der Waals surface area contributed by atoms with E-state index in [0.29, 0.717) is 28.9 Å². The van der Waals surface area contributed by atoms with Gasteiger partial charge in [-0.2, -0.15) is 0 Å². The zero-order chi connectivity index (χ0) is 13.7. The Morgan fingerprint density at radius 2 is 1.79 bits per heavy atom. The van der Waals surface area contributed by atoms with Gasteiger partial charge in [0.15, 0.2) is 0 Å². The fraction of sp³-hybridized carbons (Fsp3) is 0.0667. The van der Waals surface area contributed by atoms with E-state index in [4.69, 9.17) is 9.47 Å². The molecule has 0 atom stereocenters. The lowest BCUT2D eigenvalue weighted by atomic mass is 10.2. The van der Waals surface area contributed by atoms with Gasteiger partial charge >= 0.3 is 5.97 Å². The molecule has 0 aromatic heterocycles. The molecule has 0 radical (unpaired) electrons. The second-order valence-electron chi connectivity index (χ2n) is 3.81. The van der Waals surface area contributed by atoms with Crippen molar-refractivity contribution in [1.82, 2.24) is 0 Å². The van der Waals surface area contributed by atoms with Gasteiger partial charge in [0.25, 0.3) is 0 Å². The summed E-state index contributed by atoms with van der Waals surface area (Å²) >= 11 is 0. The van der Waals surface area contributed by atoms with Crippen molar-refractivity contribution in [2.24, 2.45) is 0 Å². The molecule has 0 saturated carbocycles. The molecular weight excluding hydrogens is 244 g/mol. The second kappa shape index (κ2) is 5.82. The van der Waals surface area contributed by atoms with Crippen molar-refractivity contribution in [2.45, 2.75) is 0 Å². The van der Waals surface area contributed by atoms with E-state index in [1.807, 2.05) is 0 Å². The van der Waals surface area contributed by atoms with E-state index in [1.165, 1.54) is 6.07 Å². The minimum atomic E-state index is -0.481. The van der Waals surface area contributed by atoms with Crippen molar-refractivity contribution in [1.29, 1.82) is 0 Å². The van der Waals surface area contributed by atoms with Crippen LogP contribution in [0.5, 0.6) is 11.5 Å². The number of hydrogen-bond donors (Lipinski definition) is 0. The number of rotatable bonds is 4. The molecule has 0 amide bonds. The molecule has 0 aliphatic rings. The lowest BCUT2D eigenvalue weighted by Gasteiger charge is -2.05. The van der Waals surface area contributed by atoms with Gasteiger partial charge in [-0.05, 0) is 36.4 Å². The average molecular weight is 256 g/mol. The summed E-state index contributed by atoms with van der Waals surface area (Å²) in [6.07, 6.45) is 0.699. The minimum absolute atomic E-state index is 0.338. The van der Waals surface area contributed by atoms with Crippen LogP contribution in [0, 0.1) is 0 Å². The predicted molar refractivity (Wildman–Crippen MR) is 69.8 cm³/mol. The Morgan fingerprint density at radius 3 is 2.42 bits per heavy atom. The van der Waals surface area contributed by atoms with Crippen LogP contribution in [-0.2, 0) is 0 Å². The molecule has 2 aromatic carbocycles. The highest BCUT2D eigenvalue weighted by molar-refractivity contribution is 5.91. The molecule has 96 valence electrons. The Labute approximate surface area is 110 Å². The summed E-state index contributed by atoms with van der Waals surface area (Å²) in [6, 6.07) is 13.0. The van der Waals surface area contributed by atoms with E-state index in [-0.39, 0.29) is 0 Å². The maximum absolute atomic E-state index is 11.9. The van der Waals surface area contributed by atoms with Gasteiger partial charge in [-0.15, -0.1) is 0 Å². The van der Waals surface area contributed by atoms with Gasteiger partial charge in [0.2, 0.25) is 0 Å². The summed E-state index contributed by atoms with van der Waals surface area (Å²) in [4.78, 5) is 22.5. The number of aldehydes is 1. The number of carbonyl (C=O) groups is 2. The molecule has 0 heterocycles. The summed E-state index contributed by atoms with van der Waals surface area (Å²) in [5.74, 6) is 0.524. The lowest BCUT2D eigenvalue weighted by molar-refractivity contribution is 0.0734. The summed E-state index contributed by atoms with van der Waals surface area (Å²) in [6.45, 7) is 0. The quantitative estimate of drug-likeness (QED) is 0.479. The fourth-order valence-corrected chi connectivity index (χ4v) is 1.54. The van der Waals surface area contributed by atoms with E-state index in [1.54, 1.807) is 49.6 Å². The van der Waals surface area contributed by atoms with Crippen molar-refractivity contribution in [3.63, 3.8) is 0 Å². The van der Waals surface area contributed by atoms with Gasteiger partial charge in [-0.3, -0.25) is 4.79 Å². The predicted octanol–water partition coefficient (Wildman–Crippen LogP) is 2.73. The van der Waals surface area contributed by atoms with Crippen LogP contribution in [-0.4, -0.2) is 19.4 Å². The topological polar surface area (TPSA) is 52.6 Å². The van der Waals surface area contributed by atoms with E-state index in [2.05, 4.69) is 0 Å². The molecule has 19 heavy (non-hydrogen) atoms. The zero-order valence-corrected chi connectivity index (χ0v) is 10.3. The van der Waals surface area contributed by atoms with Crippen molar-refractivity contribution < 1.29 is 19.1 Å².